The maximum atomic E-state index is 3.68. The van der Waals surface area contributed by atoms with Gasteiger partial charge < -0.3 is 15.5 Å². The van der Waals surface area contributed by atoms with Crippen molar-refractivity contribution in [1.82, 2.24) is 15.5 Å². The van der Waals surface area contributed by atoms with Crippen LogP contribution in [-0.2, 0) is 0 Å². The molecule has 2 heterocycles. The van der Waals surface area contributed by atoms with E-state index in [4.69, 9.17) is 0 Å². The highest BCUT2D eigenvalue weighted by molar-refractivity contribution is 4.78. The maximum absolute atomic E-state index is 3.68. The topological polar surface area (TPSA) is 27.3 Å². The second-order valence-electron chi connectivity index (χ2n) is 6.14. The van der Waals surface area contributed by atoms with Gasteiger partial charge in [-0.1, -0.05) is 6.42 Å². The third-order valence-corrected chi connectivity index (χ3v) is 4.39. The first-order valence-electron chi connectivity index (χ1n) is 8.04. The molecule has 2 unspecified atom stereocenters. The molecule has 0 spiro atoms. The summed E-state index contributed by atoms with van der Waals surface area (Å²) in [6.45, 7) is 8.71. The molecule has 2 rings (SSSR count). The molecule has 0 saturated carbocycles. The minimum Gasteiger partial charge on any atom is -0.314 e. The molecule has 0 amide bonds. The summed E-state index contributed by atoms with van der Waals surface area (Å²) >= 11 is 0. The van der Waals surface area contributed by atoms with Gasteiger partial charge in [-0.05, 0) is 78.2 Å². The lowest BCUT2D eigenvalue weighted by atomic mass is 10.1. The SMILES string of the molecule is CC(CC1CCCN1)NCCCN1CCCCC1. The molecule has 0 bridgehead atoms. The van der Waals surface area contributed by atoms with Crippen LogP contribution in [0.2, 0.25) is 0 Å². The Morgan fingerprint density at radius 1 is 1.22 bits per heavy atom. The van der Waals surface area contributed by atoms with Gasteiger partial charge in [0.15, 0.2) is 0 Å². The Labute approximate surface area is 113 Å². The molecule has 0 aromatic heterocycles. The van der Waals surface area contributed by atoms with Crippen molar-refractivity contribution in [3.63, 3.8) is 0 Å². The Kier molecular flexibility index (Phi) is 6.46. The van der Waals surface area contributed by atoms with Crippen LogP contribution in [0.5, 0.6) is 0 Å². The number of nitrogens with zero attached hydrogens (tertiary/aromatic N) is 1. The maximum Gasteiger partial charge on any atom is 0.00822 e. The largest absolute Gasteiger partial charge is 0.314 e. The van der Waals surface area contributed by atoms with Crippen LogP contribution >= 0.6 is 0 Å². The molecule has 3 heteroatoms. The number of hydrogen-bond donors (Lipinski definition) is 2. The third-order valence-electron chi connectivity index (χ3n) is 4.39. The van der Waals surface area contributed by atoms with Crippen molar-refractivity contribution in [2.75, 3.05) is 32.7 Å². The lowest BCUT2D eigenvalue weighted by Crippen LogP contribution is -2.36. The first-order chi connectivity index (χ1) is 8.84. The predicted octanol–water partition coefficient (Wildman–Crippen LogP) is 1.98. The summed E-state index contributed by atoms with van der Waals surface area (Å²) in [5, 5.41) is 7.26. The van der Waals surface area contributed by atoms with E-state index in [2.05, 4.69) is 22.5 Å². The summed E-state index contributed by atoms with van der Waals surface area (Å²) in [7, 11) is 0. The highest BCUT2D eigenvalue weighted by atomic mass is 15.1. The van der Waals surface area contributed by atoms with E-state index >= 15 is 0 Å². The summed E-state index contributed by atoms with van der Waals surface area (Å²) in [6, 6.07) is 1.44. The van der Waals surface area contributed by atoms with Crippen LogP contribution < -0.4 is 10.6 Å². The van der Waals surface area contributed by atoms with Crippen LogP contribution in [0.3, 0.4) is 0 Å². The summed E-state index contributed by atoms with van der Waals surface area (Å²) in [4.78, 5) is 2.63. The standard InChI is InChI=1S/C15H31N3/c1-14(13-15-7-5-8-17-15)16-9-6-12-18-10-3-2-4-11-18/h14-17H,2-13H2,1H3. The molecule has 3 nitrogen and oxygen atoms in total. The number of hydrogen-bond acceptors (Lipinski definition) is 3. The van der Waals surface area contributed by atoms with Crippen LogP contribution in [0, 0.1) is 0 Å². The van der Waals surface area contributed by atoms with Gasteiger partial charge in [-0.2, -0.15) is 0 Å². The molecule has 2 fully saturated rings. The minimum atomic E-state index is 0.668. The van der Waals surface area contributed by atoms with Crippen molar-refractivity contribution in [1.29, 1.82) is 0 Å². The van der Waals surface area contributed by atoms with E-state index in [-0.39, 0.29) is 0 Å². The highest BCUT2D eigenvalue weighted by Crippen LogP contribution is 2.11. The van der Waals surface area contributed by atoms with E-state index in [1.807, 2.05) is 0 Å². The van der Waals surface area contributed by atoms with Gasteiger partial charge in [0.05, 0.1) is 0 Å². The Bertz CT molecular complexity index is 208. The highest BCUT2D eigenvalue weighted by Gasteiger charge is 2.16. The van der Waals surface area contributed by atoms with E-state index < -0.39 is 0 Å². The van der Waals surface area contributed by atoms with Crippen molar-refractivity contribution in [2.45, 2.75) is 64.0 Å². The van der Waals surface area contributed by atoms with Crippen LogP contribution in [-0.4, -0.2) is 49.7 Å². The molecule has 0 aromatic rings. The van der Waals surface area contributed by atoms with Crippen LogP contribution in [0.4, 0.5) is 0 Å². The Balaban J connectivity index is 1.46. The van der Waals surface area contributed by atoms with Gasteiger partial charge in [-0.25, -0.2) is 0 Å². The smallest absolute Gasteiger partial charge is 0.00822 e. The average molecular weight is 253 g/mol. The first-order valence-corrected chi connectivity index (χ1v) is 8.04. The molecular formula is C15H31N3. The summed E-state index contributed by atoms with van der Waals surface area (Å²) in [5.74, 6) is 0. The molecule has 2 saturated heterocycles. The van der Waals surface area contributed by atoms with Crippen LogP contribution in [0.1, 0.15) is 51.9 Å². The molecule has 2 aliphatic heterocycles. The average Bonchev–Trinajstić information content (AvgIpc) is 2.89. The third kappa shape index (κ3) is 5.25. The fourth-order valence-corrected chi connectivity index (χ4v) is 3.30. The second kappa shape index (κ2) is 8.13. The van der Waals surface area contributed by atoms with Crippen molar-refractivity contribution < 1.29 is 0 Å². The zero-order chi connectivity index (χ0) is 12.6. The monoisotopic (exact) mass is 253 g/mol. The van der Waals surface area contributed by atoms with Gasteiger partial charge in [-0.15, -0.1) is 0 Å². The first kappa shape index (κ1) is 14.3. The van der Waals surface area contributed by atoms with Gasteiger partial charge in [0.25, 0.3) is 0 Å². The molecule has 0 radical (unpaired) electrons. The molecule has 2 atom stereocenters. The molecule has 2 aliphatic rings. The number of likely N-dealkylation sites (tertiary alicyclic amines) is 1. The van der Waals surface area contributed by atoms with Gasteiger partial charge >= 0.3 is 0 Å². The van der Waals surface area contributed by atoms with Crippen LogP contribution in [0.15, 0.2) is 0 Å². The van der Waals surface area contributed by atoms with Gasteiger partial charge in [0.2, 0.25) is 0 Å². The summed E-state index contributed by atoms with van der Waals surface area (Å²) in [6.07, 6.45) is 9.62. The fraction of sp³-hybridized carbons (Fsp3) is 1.00. The Hall–Kier alpha value is -0.120. The van der Waals surface area contributed by atoms with E-state index in [0.29, 0.717) is 6.04 Å². The Morgan fingerprint density at radius 3 is 2.78 bits per heavy atom. The van der Waals surface area contributed by atoms with E-state index in [0.717, 1.165) is 6.04 Å². The summed E-state index contributed by atoms with van der Waals surface area (Å²) < 4.78 is 0. The van der Waals surface area contributed by atoms with E-state index in [1.165, 1.54) is 77.7 Å². The van der Waals surface area contributed by atoms with Crippen molar-refractivity contribution in [3.05, 3.63) is 0 Å². The Morgan fingerprint density at radius 2 is 2.06 bits per heavy atom. The molecule has 106 valence electrons. The zero-order valence-corrected chi connectivity index (χ0v) is 12.1. The minimum absolute atomic E-state index is 0.668. The zero-order valence-electron chi connectivity index (χ0n) is 12.1. The molecule has 0 aliphatic carbocycles. The summed E-state index contributed by atoms with van der Waals surface area (Å²) in [5.41, 5.74) is 0. The fourth-order valence-electron chi connectivity index (χ4n) is 3.30. The van der Waals surface area contributed by atoms with E-state index in [1.54, 1.807) is 0 Å². The number of nitrogens with one attached hydrogen (secondary N) is 2. The van der Waals surface area contributed by atoms with E-state index in [9.17, 15) is 0 Å². The van der Waals surface area contributed by atoms with Crippen molar-refractivity contribution >= 4 is 0 Å². The van der Waals surface area contributed by atoms with Gasteiger partial charge in [0.1, 0.15) is 0 Å². The van der Waals surface area contributed by atoms with Gasteiger partial charge in [0, 0.05) is 12.1 Å². The van der Waals surface area contributed by atoms with Crippen molar-refractivity contribution in [2.24, 2.45) is 0 Å². The number of rotatable bonds is 7. The quantitative estimate of drug-likeness (QED) is 0.680. The molecular weight excluding hydrogens is 222 g/mol. The molecule has 0 aromatic carbocycles. The van der Waals surface area contributed by atoms with Crippen molar-refractivity contribution in [3.8, 4) is 0 Å². The van der Waals surface area contributed by atoms with Crippen LogP contribution in [0.25, 0.3) is 0 Å². The lowest BCUT2D eigenvalue weighted by Gasteiger charge is -2.26. The normalized spacial score (nSPS) is 27.5. The van der Waals surface area contributed by atoms with Gasteiger partial charge in [-0.3, -0.25) is 0 Å². The molecule has 18 heavy (non-hydrogen) atoms. The molecule has 2 N–H and O–H groups in total. The lowest BCUT2D eigenvalue weighted by molar-refractivity contribution is 0.224. The predicted molar refractivity (Wildman–Crippen MR) is 78.0 cm³/mol. The second-order valence-corrected chi connectivity index (χ2v) is 6.14. The number of piperidine rings is 1.